The van der Waals surface area contributed by atoms with E-state index in [9.17, 15) is 5.26 Å². The van der Waals surface area contributed by atoms with E-state index in [1.165, 1.54) is 58.2 Å². The Morgan fingerprint density at radius 2 is 2.14 bits per heavy atom. The lowest BCUT2D eigenvalue weighted by atomic mass is 9.84. The summed E-state index contributed by atoms with van der Waals surface area (Å²) in [5.74, 6) is 1.43. The molecule has 0 amide bonds. The molecule has 1 saturated carbocycles. The lowest BCUT2D eigenvalue weighted by Gasteiger charge is -2.36. The zero-order valence-corrected chi connectivity index (χ0v) is 14.2. The highest BCUT2D eigenvalue weighted by Crippen LogP contribution is 2.38. The van der Waals surface area contributed by atoms with Crippen molar-refractivity contribution in [3.8, 4) is 6.07 Å². The van der Waals surface area contributed by atoms with Crippen LogP contribution in [0, 0.1) is 23.2 Å². The van der Waals surface area contributed by atoms with Crippen molar-refractivity contribution in [1.29, 1.82) is 5.26 Å². The molecule has 0 bridgehead atoms. The molecular weight excluding hydrogens is 258 g/mol. The van der Waals surface area contributed by atoms with Crippen molar-refractivity contribution < 1.29 is 0 Å². The number of hydrogen-bond acceptors (Lipinski definition) is 3. The van der Waals surface area contributed by atoms with Gasteiger partial charge < -0.3 is 4.90 Å². The largest absolute Gasteiger partial charge is 0.303 e. The minimum Gasteiger partial charge on any atom is -0.303 e. The lowest BCUT2D eigenvalue weighted by molar-refractivity contribution is 0.152. The maximum absolute atomic E-state index is 9.73. The number of nitrogens with zero attached hydrogens (tertiary/aromatic N) is 2. The van der Waals surface area contributed by atoms with Crippen LogP contribution in [0.3, 0.4) is 0 Å². The summed E-state index contributed by atoms with van der Waals surface area (Å²) in [6.07, 6.45) is 8.72. The maximum Gasteiger partial charge on any atom is 0.109 e. The van der Waals surface area contributed by atoms with Crippen molar-refractivity contribution in [3.05, 3.63) is 0 Å². The molecule has 1 saturated heterocycles. The molecule has 3 nitrogen and oxygen atoms in total. The van der Waals surface area contributed by atoms with E-state index in [1.54, 1.807) is 0 Å². The number of hydrogen-bond donors (Lipinski definition) is 1. The van der Waals surface area contributed by atoms with E-state index in [1.807, 2.05) is 0 Å². The second-order valence-corrected chi connectivity index (χ2v) is 7.48. The first-order valence-corrected chi connectivity index (χ1v) is 9.01. The van der Waals surface area contributed by atoms with Crippen molar-refractivity contribution in [3.63, 3.8) is 0 Å². The predicted octanol–water partition coefficient (Wildman–Crippen LogP) is 3.56. The Hall–Kier alpha value is -0.590. The van der Waals surface area contributed by atoms with Crippen LogP contribution in [0.1, 0.15) is 65.7 Å². The molecule has 0 aromatic heterocycles. The molecule has 2 rings (SSSR count). The third kappa shape index (κ3) is 4.20. The average Bonchev–Trinajstić information content (AvgIpc) is 2.87. The van der Waals surface area contributed by atoms with Gasteiger partial charge in [0.05, 0.1) is 6.07 Å². The molecule has 21 heavy (non-hydrogen) atoms. The summed E-state index contributed by atoms with van der Waals surface area (Å²) >= 11 is 0. The average molecular weight is 291 g/mol. The van der Waals surface area contributed by atoms with Gasteiger partial charge in [-0.1, -0.05) is 19.8 Å². The van der Waals surface area contributed by atoms with Crippen LogP contribution in [0.25, 0.3) is 0 Å². The molecule has 3 atom stereocenters. The fourth-order valence-corrected chi connectivity index (χ4v) is 4.38. The van der Waals surface area contributed by atoms with Crippen molar-refractivity contribution in [2.45, 2.75) is 77.3 Å². The first kappa shape index (κ1) is 16.8. The number of nitrogens with one attached hydrogen (secondary N) is 1. The molecule has 1 N–H and O–H groups in total. The summed E-state index contributed by atoms with van der Waals surface area (Å²) in [5.41, 5.74) is -0.256. The lowest BCUT2D eigenvalue weighted by Crippen LogP contribution is -2.51. The quantitative estimate of drug-likeness (QED) is 0.813. The number of nitriles is 1. The van der Waals surface area contributed by atoms with Gasteiger partial charge in [-0.25, -0.2) is 0 Å². The fourth-order valence-electron chi connectivity index (χ4n) is 4.38. The third-order valence-corrected chi connectivity index (χ3v) is 5.54. The van der Waals surface area contributed by atoms with Gasteiger partial charge in [-0.2, -0.15) is 5.26 Å². The van der Waals surface area contributed by atoms with E-state index in [0.717, 1.165) is 12.3 Å². The van der Waals surface area contributed by atoms with Crippen molar-refractivity contribution in [2.75, 3.05) is 19.6 Å². The van der Waals surface area contributed by atoms with E-state index in [0.29, 0.717) is 12.0 Å². The number of likely N-dealkylation sites (tertiary alicyclic amines) is 1. The maximum atomic E-state index is 9.73. The van der Waals surface area contributed by atoms with Crippen LogP contribution in [0.2, 0.25) is 0 Å². The summed E-state index contributed by atoms with van der Waals surface area (Å²) in [5, 5.41) is 13.3. The Balaban J connectivity index is 1.88. The van der Waals surface area contributed by atoms with Crippen LogP contribution < -0.4 is 5.32 Å². The van der Waals surface area contributed by atoms with Crippen LogP contribution in [0.4, 0.5) is 0 Å². The Kier molecular flexibility index (Phi) is 6.08. The SMILES string of the molecule is CCC1CCCN(CCC2CCCC2(C#N)NC(C)C)C1. The molecule has 0 radical (unpaired) electrons. The van der Waals surface area contributed by atoms with Gasteiger partial charge in [0.1, 0.15) is 5.54 Å². The van der Waals surface area contributed by atoms with Gasteiger partial charge in [0.2, 0.25) is 0 Å². The highest BCUT2D eigenvalue weighted by Gasteiger charge is 2.43. The summed E-state index contributed by atoms with van der Waals surface area (Å²) in [4.78, 5) is 2.65. The van der Waals surface area contributed by atoms with Gasteiger partial charge in [0.25, 0.3) is 0 Å². The molecule has 3 heteroatoms. The molecule has 0 aromatic rings. The predicted molar refractivity (Wildman–Crippen MR) is 88.0 cm³/mol. The molecule has 3 unspecified atom stereocenters. The van der Waals surface area contributed by atoms with Crippen LogP contribution >= 0.6 is 0 Å². The number of piperidine rings is 1. The van der Waals surface area contributed by atoms with E-state index >= 15 is 0 Å². The Labute approximate surface area is 131 Å². The van der Waals surface area contributed by atoms with Crippen LogP contribution in [0.15, 0.2) is 0 Å². The molecule has 2 aliphatic rings. The molecule has 120 valence electrons. The summed E-state index contributed by atoms with van der Waals surface area (Å²) in [7, 11) is 0. The Bertz CT molecular complexity index is 360. The minimum atomic E-state index is -0.256. The minimum absolute atomic E-state index is 0.256. The zero-order valence-electron chi connectivity index (χ0n) is 14.2. The van der Waals surface area contributed by atoms with E-state index in [4.69, 9.17) is 0 Å². The standard InChI is InChI=1S/C18H33N3/c1-4-16-7-6-11-21(13-16)12-9-17-8-5-10-18(17,14-19)20-15(2)3/h15-17,20H,4-13H2,1-3H3. The van der Waals surface area contributed by atoms with Gasteiger partial charge in [0, 0.05) is 12.6 Å². The van der Waals surface area contributed by atoms with Crippen LogP contribution in [-0.4, -0.2) is 36.1 Å². The second-order valence-electron chi connectivity index (χ2n) is 7.48. The monoisotopic (exact) mass is 291 g/mol. The van der Waals surface area contributed by atoms with Gasteiger partial charge in [-0.3, -0.25) is 5.32 Å². The third-order valence-electron chi connectivity index (χ3n) is 5.54. The van der Waals surface area contributed by atoms with E-state index < -0.39 is 0 Å². The van der Waals surface area contributed by atoms with Crippen molar-refractivity contribution >= 4 is 0 Å². The van der Waals surface area contributed by atoms with Gasteiger partial charge >= 0.3 is 0 Å². The first-order chi connectivity index (χ1) is 10.1. The van der Waals surface area contributed by atoms with Gasteiger partial charge in [-0.05, 0) is 70.9 Å². The molecule has 1 aliphatic carbocycles. The molecule has 0 aromatic carbocycles. The highest BCUT2D eigenvalue weighted by molar-refractivity contribution is 5.14. The first-order valence-electron chi connectivity index (χ1n) is 9.01. The normalized spacial score (nSPS) is 34.2. The molecule has 2 fully saturated rings. The smallest absolute Gasteiger partial charge is 0.109 e. The summed E-state index contributed by atoms with van der Waals surface area (Å²) in [6, 6.07) is 3.03. The van der Waals surface area contributed by atoms with Crippen LogP contribution in [0.5, 0.6) is 0 Å². The van der Waals surface area contributed by atoms with E-state index in [2.05, 4.69) is 37.1 Å². The van der Waals surface area contributed by atoms with E-state index in [-0.39, 0.29) is 5.54 Å². The molecule has 1 heterocycles. The van der Waals surface area contributed by atoms with Crippen molar-refractivity contribution in [1.82, 2.24) is 10.2 Å². The number of rotatable bonds is 6. The summed E-state index contributed by atoms with van der Waals surface area (Å²) in [6.45, 7) is 10.4. The van der Waals surface area contributed by atoms with Crippen molar-refractivity contribution in [2.24, 2.45) is 11.8 Å². The highest BCUT2D eigenvalue weighted by atomic mass is 15.1. The fraction of sp³-hybridized carbons (Fsp3) is 0.944. The van der Waals surface area contributed by atoms with Gasteiger partial charge in [-0.15, -0.1) is 0 Å². The Morgan fingerprint density at radius 1 is 1.33 bits per heavy atom. The summed E-state index contributed by atoms with van der Waals surface area (Å²) < 4.78 is 0. The molecular formula is C18H33N3. The second kappa shape index (κ2) is 7.61. The zero-order chi connectivity index (χ0) is 15.3. The van der Waals surface area contributed by atoms with Gasteiger partial charge in [0.15, 0.2) is 0 Å². The molecule has 1 aliphatic heterocycles. The Morgan fingerprint density at radius 3 is 2.81 bits per heavy atom. The van der Waals surface area contributed by atoms with Crippen LogP contribution in [-0.2, 0) is 0 Å². The topological polar surface area (TPSA) is 39.1 Å². The molecule has 0 spiro atoms.